The van der Waals surface area contributed by atoms with Gasteiger partial charge in [-0.25, -0.2) is 9.69 Å². The molecule has 1 saturated heterocycles. The average Bonchev–Trinajstić information content (AvgIpc) is 3.08. The fourth-order valence-corrected chi connectivity index (χ4v) is 3.15. The van der Waals surface area contributed by atoms with E-state index in [2.05, 4.69) is 39.8 Å². The molecule has 1 fully saturated rings. The van der Waals surface area contributed by atoms with Crippen LogP contribution in [0.2, 0.25) is 0 Å². The van der Waals surface area contributed by atoms with E-state index in [1.807, 2.05) is 11.8 Å². The van der Waals surface area contributed by atoms with Crippen molar-refractivity contribution in [3.63, 3.8) is 0 Å². The summed E-state index contributed by atoms with van der Waals surface area (Å²) in [5.41, 5.74) is 0.514. The van der Waals surface area contributed by atoms with Crippen LogP contribution in [0.5, 0.6) is 0 Å². The number of aryl methyl sites for hydroxylation is 1. The summed E-state index contributed by atoms with van der Waals surface area (Å²) >= 11 is 0. The maximum absolute atomic E-state index is 13.2. The fourth-order valence-electron chi connectivity index (χ4n) is 3.15. The zero-order valence-corrected chi connectivity index (χ0v) is 15.8. The van der Waals surface area contributed by atoms with Crippen molar-refractivity contribution in [1.29, 1.82) is 0 Å². The molecule has 0 spiro atoms. The van der Waals surface area contributed by atoms with E-state index in [1.165, 1.54) is 0 Å². The Morgan fingerprint density at radius 2 is 2.04 bits per heavy atom. The highest BCUT2D eigenvalue weighted by atomic mass is 16.5. The fraction of sp³-hybridized carbons (Fsp3) is 0.778. The molecule has 2 rings (SSSR count). The van der Waals surface area contributed by atoms with E-state index in [0.717, 1.165) is 31.4 Å². The lowest BCUT2D eigenvalue weighted by atomic mass is 9.97. The summed E-state index contributed by atoms with van der Waals surface area (Å²) in [6.45, 7) is 13.0. The van der Waals surface area contributed by atoms with Crippen molar-refractivity contribution in [2.75, 3.05) is 11.5 Å². The van der Waals surface area contributed by atoms with Crippen molar-refractivity contribution in [2.24, 2.45) is 0 Å². The van der Waals surface area contributed by atoms with Gasteiger partial charge in [0.2, 0.25) is 5.88 Å². The van der Waals surface area contributed by atoms with Gasteiger partial charge in [0, 0.05) is 18.2 Å². The molecule has 0 bridgehead atoms. The van der Waals surface area contributed by atoms with E-state index in [-0.39, 0.29) is 23.8 Å². The number of carbonyl (C=O) groups excluding carboxylic acids is 1. The second-order valence-corrected chi connectivity index (χ2v) is 7.09. The quantitative estimate of drug-likeness (QED) is 0.662. The first-order valence-corrected chi connectivity index (χ1v) is 9.04. The third-order valence-corrected chi connectivity index (χ3v) is 4.90. The number of aromatic nitrogens is 1. The zero-order chi connectivity index (χ0) is 17.9. The number of hydrogen-bond acceptors (Lipinski definition) is 4. The second-order valence-electron chi connectivity index (χ2n) is 7.09. The predicted molar refractivity (Wildman–Crippen MR) is 94.1 cm³/mol. The summed E-state index contributed by atoms with van der Waals surface area (Å²) in [5.74, 6) is 0.465. The van der Waals surface area contributed by atoms with Gasteiger partial charge in [0.05, 0.1) is 11.7 Å². The van der Waals surface area contributed by atoms with Crippen LogP contribution in [0.15, 0.2) is 10.6 Å². The van der Waals surface area contributed by atoms with Gasteiger partial charge in [0.15, 0.2) is 6.23 Å². The molecule has 0 aromatic carbocycles. The summed E-state index contributed by atoms with van der Waals surface area (Å²) in [6, 6.07) is 1.73. The van der Waals surface area contributed by atoms with E-state index in [0.29, 0.717) is 12.5 Å². The average molecular weight is 337 g/mol. The molecule has 2 heterocycles. The Kier molecular flexibility index (Phi) is 5.91. The summed E-state index contributed by atoms with van der Waals surface area (Å²) in [5, 5.41) is 3.94. The summed E-state index contributed by atoms with van der Waals surface area (Å²) in [7, 11) is 0. The monoisotopic (exact) mass is 337 g/mol. The number of rotatable bonds is 8. The summed E-state index contributed by atoms with van der Waals surface area (Å²) < 4.78 is 11.5. The third-order valence-electron chi connectivity index (χ3n) is 4.90. The molecule has 6 heteroatoms. The Morgan fingerprint density at radius 3 is 2.54 bits per heavy atom. The van der Waals surface area contributed by atoms with E-state index in [4.69, 9.17) is 9.26 Å². The molecule has 0 saturated carbocycles. The van der Waals surface area contributed by atoms with Crippen molar-refractivity contribution < 1.29 is 14.1 Å². The minimum atomic E-state index is -0.341. The van der Waals surface area contributed by atoms with E-state index >= 15 is 0 Å². The number of carbonyl (C=O) groups is 1. The molecular formula is C18H31N3O3. The first-order valence-electron chi connectivity index (χ1n) is 9.04. The maximum Gasteiger partial charge on any atom is 0.330 e. The molecule has 1 aliphatic rings. The molecule has 1 aliphatic heterocycles. The number of urea groups is 1. The largest absolute Gasteiger partial charge is 0.356 e. The van der Waals surface area contributed by atoms with Gasteiger partial charge < -0.3 is 14.2 Å². The van der Waals surface area contributed by atoms with Crippen LogP contribution in [0.4, 0.5) is 10.7 Å². The van der Waals surface area contributed by atoms with Crippen LogP contribution in [0, 0.1) is 6.92 Å². The highest BCUT2D eigenvalue weighted by Gasteiger charge is 2.52. The van der Waals surface area contributed by atoms with Crippen LogP contribution in [-0.4, -0.2) is 40.5 Å². The SMILES string of the molecule is CCCCOC1C(CC)N(C(C)(C)CC)C(=O)N1c1cc(C)no1. The number of anilines is 1. The van der Waals surface area contributed by atoms with Crippen molar-refractivity contribution >= 4 is 11.9 Å². The smallest absolute Gasteiger partial charge is 0.330 e. The van der Waals surface area contributed by atoms with E-state index in [1.54, 1.807) is 11.0 Å². The normalized spacial score (nSPS) is 21.8. The van der Waals surface area contributed by atoms with E-state index < -0.39 is 0 Å². The number of unbranched alkanes of at least 4 members (excludes halogenated alkanes) is 1. The Balaban J connectivity index is 2.38. The van der Waals surface area contributed by atoms with Crippen LogP contribution in [-0.2, 0) is 4.74 Å². The standard InChI is InChI=1S/C18H31N3O3/c1-7-10-11-23-16-14(8-2)21(18(5,6)9-3)17(22)20(16)15-12-13(4)19-24-15/h12,14,16H,7-11H2,1-6H3. The van der Waals surface area contributed by atoms with Crippen molar-refractivity contribution in [1.82, 2.24) is 10.1 Å². The molecule has 1 aromatic rings. The minimum absolute atomic E-state index is 0.00490. The van der Waals surface area contributed by atoms with Gasteiger partial charge in [-0.2, -0.15) is 0 Å². The van der Waals surface area contributed by atoms with E-state index in [9.17, 15) is 4.79 Å². The van der Waals surface area contributed by atoms with Crippen molar-refractivity contribution in [2.45, 2.75) is 85.0 Å². The molecule has 0 N–H and O–H groups in total. The Hall–Kier alpha value is -1.56. The lowest BCUT2D eigenvalue weighted by molar-refractivity contribution is 0.00511. The third kappa shape index (κ3) is 3.43. The van der Waals surface area contributed by atoms with Gasteiger partial charge in [0.1, 0.15) is 0 Å². The molecule has 6 nitrogen and oxygen atoms in total. The van der Waals surface area contributed by atoms with Gasteiger partial charge in [-0.15, -0.1) is 0 Å². The first kappa shape index (κ1) is 18.8. The first-order chi connectivity index (χ1) is 11.4. The maximum atomic E-state index is 13.2. The second kappa shape index (κ2) is 7.55. The van der Waals surface area contributed by atoms with Gasteiger partial charge in [-0.1, -0.05) is 32.3 Å². The van der Waals surface area contributed by atoms with Gasteiger partial charge in [-0.05, 0) is 40.0 Å². The molecule has 136 valence electrons. The number of hydrogen-bond donors (Lipinski definition) is 0. The predicted octanol–water partition coefficient (Wildman–Crippen LogP) is 4.34. The Bertz CT molecular complexity index is 555. The van der Waals surface area contributed by atoms with Crippen LogP contribution in [0.25, 0.3) is 0 Å². The zero-order valence-electron chi connectivity index (χ0n) is 15.8. The Labute approximate surface area is 145 Å². The lowest BCUT2D eigenvalue weighted by Crippen LogP contribution is -2.50. The number of ether oxygens (including phenoxy) is 1. The topological polar surface area (TPSA) is 58.8 Å². The summed E-state index contributed by atoms with van der Waals surface area (Å²) in [6.07, 6.45) is 3.40. The van der Waals surface area contributed by atoms with Crippen LogP contribution in [0.3, 0.4) is 0 Å². The lowest BCUT2D eigenvalue weighted by Gasteiger charge is -2.38. The highest BCUT2D eigenvalue weighted by Crippen LogP contribution is 2.37. The molecular weight excluding hydrogens is 306 g/mol. The molecule has 2 atom stereocenters. The van der Waals surface area contributed by atoms with Crippen molar-refractivity contribution in [3.05, 3.63) is 11.8 Å². The van der Waals surface area contributed by atoms with Crippen LogP contribution >= 0.6 is 0 Å². The molecule has 1 aromatic heterocycles. The Morgan fingerprint density at radius 1 is 1.33 bits per heavy atom. The van der Waals surface area contributed by atoms with Gasteiger partial charge >= 0.3 is 6.03 Å². The van der Waals surface area contributed by atoms with Crippen LogP contribution < -0.4 is 4.90 Å². The number of nitrogens with zero attached hydrogens (tertiary/aromatic N) is 3. The van der Waals surface area contributed by atoms with Crippen molar-refractivity contribution in [3.8, 4) is 0 Å². The molecule has 0 radical (unpaired) electrons. The molecule has 24 heavy (non-hydrogen) atoms. The molecule has 0 aliphatic carbocycles. The molecule has 2 unspecified atom stereocenters. The van der Waals surface area contributed by atoms with Gasteiger partial charge in [0.25, 0.3) is 0 Å². The van der Waals surface area contributed by atoms with Gasteiger partial charge in [-0.3, -0.25) is 0 Å². The summed E-state index contributed by atoms with van der Waals surface area (Å²) in [4.78, 5) is 16.8. The highest BCUT2D eigenvalue weighted by molar-refractivity contribution is 5.94. The van der Waals surface area contributed by atoms with Crippen LogP contribution in [0.1, 0.15) is 66.0 Å². The number of amides is 2. The minimum Gasteiger partial charge on any atom is -0.356 e. The molecule has 2 amide bonds.